The molecule has 0 bridgehead atoms. The summed E-state index contributed by atoms with van der Waals surface area (Å²) < 4.78 is 17.5. The molecule has 0 aliphatic heterocycles. The molecule has 386 valence electrons. The molecule has 0 fully saturated rings. The number of allylic oxidation sites excluding steroid dienone is 8. The number of rotatable bonds is 54. The topological polar surface area (TPSA) is 61.8 Å². The molecule has 0 aromatic rings. The van der Waals surface area contributed by atoms with Crippen molar-refractivity contribution in [2.24, 2.45) is 0 Å². The van der Waals surface area contributed by atoms with Crippen LogP contribution in [0.1, 0.15) is 303 Å². The Morgan fingerprint density at radius 3 is 1.03 bits per heavy atom. The minimum atomic E-state index is -0.543. The van der Waals surface area contributed by atoms with Crippen LogP contribution in [0.3, 0.4) is 0 Å². The minimum Gasteiger partial charge on any atom is -0.462 e. The predicted molar refractivity (Wildman–Crippen MR) is 288 cm³/mol. The summed E-state index contributed by atoms with van der Waals surface area (Å²) in [7, 11) is 0. The molecule has 0 saturated carbocycles. The molecule has 0 heterocycles. The van der Waals surface area contributed by atoms with Gasteiger partial charge in [-0.25, -0.2) is 0 Å². The first-order valence-electron chi connectivity index (χ1n) is 29.2. The van der Waals surface area contributed by atoms with Crippen molar-refractivity contribution in [1.82, 2.24) is 0 Å². The Labute approximate surface area is 412 Å². The van der Waals surface area contributed by atoms with Crippen LogP contribution in [0.4, 0.5) is 0 Å². The zero-order chi connectivity index (χ0) is 47.7. The molecule has 5 nitrogen and oxygen atoms in total. The highest BCUT2D eigenvalue weighted by molar-refractivity contribution is 5.70. The van der Waals surface area contributed by atoms with Crippen LogP contribution in [-0.4, -0.2) is 37.9 Å². The average molecular weight is 926 g/mol. The molecule has 0 N–H and O–H groups in total. The van der Waals surface area contributed by atoms with Crippen molar-refractivity contribution < 1.29 is 23.8 Å². The van der Waals surface area contributed by atoms with Crippen LogP contribution in [0.25, 0.3) is 0 Å². The highest BCUT2D eigenvalue weighted by Crippen LogP contribution is 2.16. The smallest absolute Gasteiger partial charge is 0.306 e. The molecule has 1 atom stereocenters. The number of carbonyl (C=O) groups is 2. The third kappa shape index (κ3) is 54.5. The monoisotopic (exact) mass is 925 g/mol. The Bertz CT molecular complexity index is 1090. The minimum absolute atomic E-state index is 0.0810. The van der Waals surface area contributed by atoms with E-state index >= 15 is 0 Å². The molecule has 0 aliphatic rings. The fourth-order valence-electron chi connectivity index (χ4n) is 8.45. The number of ether oxygens (including phenoxy) is 3. The second kappa shape index (κ2) is 57.2. The van der Waals surface area contributed by atoms with Gasteiger partial charge < -0.3 is 14.2 Å². The van der Waals surface area contributed by atoms with E-state index in [4.69, 9.17) is 14.2 Å². The molecule has 1 unspecified atom stereocenters. The summed E-state index contributed by atoms with van der Waals surface area (Å²) >= 11 is 0. The predicted octanol–water partition coefficient (Wildman–Crippen LogP) is 19.9. The van der Waals surface area contributed by atoms with Gasteiger partial charge in [0.1, 0.15) is 6.61 Å². The van der Waals surface area contributed by atoms with Gasteiger partial charge in [-0.15, -0.1) is 0 Å². The van der Waals surface area contributed by atoms with Crippen LogP contribution < -0.4 is 0 Å². The Morgan fingerprint density at radius 1 is 0.333 bits per heavy atom. The summed E-state index contributed by atoms with van der Waals surface area (Å²) in [6.45, 7) is 7.81. The Balaban J connectivity index is 4.25. The fourth-order valence-corrected chi connectivity index (χ4v) is 8.45. The van der Waals surface area contributed by atoms with Crippen molar-refractivity contribution in [2.75, 3.05) is 19.8 Å². The van der Waals surface area contributed by atoms with Crippen LogP contribution in [0.15, 0.2) is 48.6 Å². The molecule has 66 heavy (non-hydrogen) atoms. The molecule has 0 radical (unpaired) electrons. The molecule has 0 aromatic carbocycles. The van der Waals surface area contributed by atoms with Crippen molar-refractivity contribution in [3.8, 4) is 0 Å². The Morgan fingerprint density at radius 2 is 0.636 bits per heavy atom. The molecular formula is C61H112O5. The van der Waals surface area contributed by atoms with Crippen molar-refractivity contribution in [3.05, 3.63) is 48.6 Å². The van der Waals surface area contributed by atoms with E-state index in [0.29, 0.717) is 19.4 Å². The van der Waals surface area contributed by atoms with Gasteiger partial charge in [0.15, 0.2) is 6.10 Å². The van der Waals surface area contributed by atoms with Gasteiger partial charge in [0, 0.05) is 19.4 Å². The van der Waals surface area contributed by atoms with Crippen LogP contribution in [0, 0.1) is 0 Å². The van der Waals surface area contributed by atoms with E-state index in [-0.39, 0.29) is 25.2 Å². The van der Waals surface area contributed by atoms with Gasteiger partial charge in [-0.2, -0.15) is 0 Å². The SMILES string of the molecule is CCCCC/C=C\C/C=C\CCCCCCCCCCCC(=O)OCC(COCCCCCCCCCCCCCCCCCC)OC(=O)CCCCCCC/C=C\C/C=C\CCCCC. The lowest BCUT2D eigenvalue weighted by molar-refractivity contribution is -0.163. The summed E-state index contributed by atoms with van der Waals surface area (Å²) in [6.07, 6.45) is 71.3. The van der Waals surface area contributed by atoms with Gasteiger partial charge in [-0.1, -0.05) is 256 Å². The Hall–Kier alpha value is -2.14. The lowest BCUT2D eigenvalue weighted by Crippen LogP contribution is -2.30. The van der Waals surface area contributed by atoms with Gasteiger partial charge in [-0.05, 0) is 83.5 Å². The van der Waals surface area contributed by atoms with E-state index in [2.05, 4.69) is 69.4 Å². The molecule has 0 spiro atoms. The van der Waals surface area contributed by atoms with Gasteiger partial charge in [0.25, 0.3) is 0 Å². The van der Waals surface area contributed by atoms with Gasteiger partial charge in [-0.3, -0.25) is 9.59 Å². The van der Waals surface area contributed by atoms with E-state index in [1.54, 1.807) is 0 Å². The highest BCUT2D eigenvalue weighted by Gasteiger charge is 2.17. The van der Waals surface area contributed by atoms with Crippen molar-refractivity contribution in [1.29, 1.82) is 0 Å². The van der Waals surface area contributed by atoms with Crippen LogP contribution >= 0.6 is 0 Å². The maximum absolute atomic E-state index is 12.8. The first-order chi connectivity index (χ1) is 32.6. The lowest BCUT2D eigenvalue weighted by Gasteiger charge is -2.18. The maximum Gasteiger partial charge on any atom is 0.306 e. The molecule has 0 amide bonds. The number of esters is 2. The van der Waals surface area contributed by atoms with E-state index in [9.17, 15) is 9.59 Å². The summed E-state index contributed by atoms with van der Waals surface area (Å²) in [4.78, 5) is 25.5. The zero-order valence-electron chi connectivity index (χ0n) is 44.5. The molecule has 0 rings (SSSR count). The molecule has 0 saturated heterocycles. The van der Waals surface area contributed by atoms with E-state index in [1.165, 1.54) is 212 Å². The van der Waals surface area contributed by atoms with Gasteiger partial charge in [0.2, 0.25) is 0 Å². The quantitative estimate of drug-likeness (QED) is 0.0345. The van der Waals surface area contributed by atoms with E-state index in [0.717, 1.165) is 57.8 Å². The normalized spacial score (nSPS) is 12.5. The summed E-state index contributed by atoms with van der Waals surface area (Å²) in [5, 5.41) is 0. The largest absolute Gasteiger partial charge is 0.462 e. The van der Waals surface area contributed by atoms with Crippen LogP contribution in [0.2, 0.25) is 0 Å². The summed E-state index contributed by atoms with van der Waals surface area (Å²) in [5.74, 6) is -0.402. The summed E-state index contributed by atoms with van der Waals surface area (Å²) in [5.41, 5.74) is 0. The molecule has 5 heteroatoms. The van der Waals surface area contributed by atoms with Crippen molar-refractivity contribution in [2.45, 2.75) is 309 Å². The third-order valence-corrected chi connectivity index (χ3v) is 12.8. The number of carbonyl (C=O) groups excluding carboxylic acids is 2. The zero-order valence-corrected chi connectivity index (χ0v) is 44.5. The van der Waals surface area contributed by atoms with E-state index in [1.807, 2.05) is 0 Å². The van der Waals surface area contributed by atoms with Crippen LogP contribution in [0.5, 0.6) is 0 Å². The third-order valence-electron chi connectivity index (χ3n) is 12.8. The van der Waals surface area contributed by atoms with E-state index < -0.39 is 6.10 Å². The summed E-state index contributed by atoms with van der Waals surface area (Å²) in [6, 6.07) is 0. The Kier molecular flexibility index (Phi) is 55.3. The fraction of sp³-hybridized carbons (Fsp3) is 0.836. The lowest BCUT2D eigenvalue weighted by atomic mass is 10.0. The molecule has 0 aromatic heterocycles. The second-order valence-electron chi connectivity index (χ2n) is 19.5. The first kappa shape index (κ1) is 63.9. The second-order valence-corrected chi connectivity index (χ2v) is 19.5. The molecule has 0 aliphatic carbocycles. The average Bonchev–Trinajstić information content (AvgIpc) is 3.32. The van der Waals surface area contributed by atoms with Crippen molar-refractivity contribution >= 4 is 11.9 Å². The van der Waals surface area contributed by atoms with Crippen molar-refractivity contribution in [3.63, 3.8) is 0 Å². The molecular weight excluding hydrogens is 813 g/mol. The number of hydrogen-bond donors (Lipinski definition) is 0. The number of unbranched alkanes of at least 4 members (excludes halogenated alkanes) is 35. The number of hydrogen-bond acceptors (Lipinski definition) is 5. The standard InChI is InChI=1S/C61H112O5/c1-4-7-10-13-16-19-22-25-28-30-31-32-34-36-39-42-45-48-51-54-60(62)65-58-59(57-64-56-53-50-47-44-41-38-35-29-26-23-20-17-14-11-8-5-2)66-61(63)55-52-49-46-43-40-37-33-27-24-21-18-15-12-9-6-3/h16,18-19,21,25,27-28,33,59H,4-15,17,20,22-24,26,29-32,34-58H2,1-3H3/b19-16-,21-18-,28-25-,33-27-. The van der Waals surface area contributed by atoms with Crippen LogP contribution in [-0.2, 0) is 23.8 Å². The highest BCUT2D eigenvalue weighted by atomic mass is 16.6. The van der Waals surface area contributed by atoms with Gasteiger partial charge in [0.05, 0.1) is 6.61 Å². The first-order valence-corrected chi connectivity index (χ1v) is 29.2. The maximum atomic E-state index is 12.8. The van der Waals surface area contributed by atoms with Gasteiger partial charge >= 0.3 is 11.9 Å².